The number of hydrogen-bond acceptors (Lipinski definition) is 2. The van der Waals surface area contributed by atoms with Crippen LogP contribution in [0.3, 0.4) is 0 Å². The van der Waals surface area contributed by atoms with Crippen molar-refractivity contribution in [3.8, 4) is 5.75 Å². The third kappa shape index (κ3) is 3.44. The number of carbonyl (C=O) groups excluding carboxylic acids is 1. The van der Waals surface area contributed by atoms with Crippen LogP contribution in [0.1, 0.15) is 12.5 Å². The van der Waals surface area contributed by atoms with Crippen molar-refractivity contribution in [2.24, 2.45) is 0 Å². The Morgan fingerprint density at radius 1 is 1.53 bits per heavy atom. The molecule has 1 amide bonds. The quantitative estimate of drug-likeness (QED) is 0.803. The van der Waals surface area contributed by atoms with Gasteiger partial charge < -0.3 is 10.1 Å². The molecule has 0 unspecified atom stereocenters. The highest BCUT2D eigenvalue weighted by molar-refractivity contribution is 6.29. The highest BCUT2D eigenvalue weighted by Gasteiger charge is 2.03. The first-order chi connectivity index (χ1) is 7.17. The lowest BCUT2D eigenvalue weighted by Crippen LogP contribution is -2.12. The van der Waals surface area contributed by atoms with Crippen LogP contribution in [0.4, 0.5) is 5.69 Å². The fraction of sp³-hybridized carbons (Fsp3) is 0.364. The van der Waals surface area contributed by atoms with Gasteiger partial charge in [0, 0.05) is 5.69 Å². The summed E-state index contributed by atoms with van der Waals surface area (Å²) in [6.07, 6.45) is 0. The summed E-state index contributed by atoms with van der Waals surface area (Å²) in [6.45, 7) is 4.50. The molecule has 82 valence electrons. The normalized spacial score (nSPS) is 9.80. The maximum atomic E-state index is 11.0. The van der Waals surface area contributed by atoms with Gasteiger partial charge in [-0.15, -0.1) is 11.6 Å². The molecule has 1 rings (SSSR count). The Bertz CT molecular complexity index is 352. The van der Waals surface area contributed by atoms with Crippen LogP contribution in [0, 0.1) is 6.92 Å². The average molecular weight is 228 g/mol. The van der Waals surface area contributed by atoms with Gasteiger partial charge in [-0.05, 0) is 37.6 Å². The molecule has 0 aliphatic heterocycles. The fourth-order valence-corrected chi connectivity index (χ4v) is 1.31. The van der Waals surface area contributed by atoms with Gasteiger partial charge >= 0.3 is 0 Å². The lowest BCUT2D eigenvalue weighted by molar-refractivity contribution is -0.113. The second kappa shape index (κ2) is 5.61. The molecule has 0 bridgehead atoms. The number of halogens is 1. The molecule has 0 radical (unpaired) electrons. The first-order valence-corrected chi connectivity index (χ1v) is 5.30. The van der Waals surface area contributed by atoms with Crippen molar-refractivity contribution in [3.05, 3.63) is 23.8 Å². The van der Waals surface area contributed by atoms with Gasteiger partial charge in [0.1, 0.15) is 11.6 Å². The predicted octanol–water partition coefficient (Wildman–Crippen LogP) is 2.57. The standard InChI is InChI=1S/C11H14ClNO2/c1-3-15-10-5-4-9(6-8(10)2)13-11(14)7-12/h4-6H,3,7H2,1-2H3,(H,13,14). The number of nitrogens with one attached hydrogen (secondary N) is 1. The van der Waals surface area contributed by atoms with Crippen LogP contribution in [0.15, 0.2) is 18.2 Å². The Labute approximate surface area is 94.4 Å². The van der Waals surface area contributed by atoms with E-state index in [4.69, 9.17) is 16.3 Å². The van der Waals surface area contributed by atoms with E-state index in [9.17, 15) is 4.79 Å². The van der Waals surface area contributed by atoms with Crippen molar-refractivity contribution in [1.29, 1.82) is 0 Å². The van der Waals surface area contributed by atoms with Crippen LogP contribution in [0.25, 0.3) is 0 Å². The Balaban J connectivity index is 2.77. The molecular weight excluding hydrogens is 214 g/mol. The van der Waals surface area contributed by atoms with Gasteiger partial charge in [0.25, 0.3) is 0 Å². The maximum absolute atomic E-state index is 11.0. The molecule has 0 heterocycles. The molecule has 4 heteroatoms. The highest BCUT2D eigenvalue weighted by Crippen LogP contribution is 2.21. The Morgan fingerprint density at radius 2 is 2.27 bits per heavy atom. The Morgan fingerprint density at radius 3 is 2.80 bits per heavy atom. The second-order valence-corrected chi connectivity index (χ2v) is 3.36. The van der Waals surface area contributed by atoms with Gasteiger partial charge in [-0.25, -0.2) is 0 Å². The minimum absolute atomic E-state index is 0.0355. The largest absolute Gasteiger partial charge is 0.494 e. The molecule has 0 aromatic heterocycles. The van der Waals surface area contributed by atoms with Crippen LogP contribution in [-0.2, 0) is 4.79 Å². The monoisotopic (exact) mass is 227 g/mol. The van der Waals surface area contributed by atoms with Gasteiger partial charge in [0.15, 0.2) is 0 Å². The second-order valence-electron chi connectivity index (χ2n) is 3.10. The van der Waals surface area contributed by atoms with E-state index in [1.807, 2.05) is 26.0 Å². The molecule has 1 N–H and O–H groups in total. The number of amides is 1. The van der Waals surface area contributed by atoms with Gasteiger partial charge in [-0.2, -0.15) is 0 Å². The van der Waals surface area contributed by atoms with Crippen LogP contribution in [-0.4, -0.2) is 18.4 Å². The lowest BCUT2D eigenvalue weighted by Gasteiger charge is -2.09. The highest BCUT2D eigenvalue weighted by atomic mass is 35.5. The summed E-state index contributed by atoms with van der Waals surface area (Å²) in [7, 11) is 0. The molecule has 3 nitrogen and oxygen atoms in total. The van der Waals surface area contributed by atoms with Crippen molar-refractivity contribution in [2.45, 2.75) is 13.8 Å². The predicted molar refractivity (Wildman–Crippen MR) is 61.7 cm³/mol. The Hall–Kier alpha value is -1.22. The number of benzene rings is 1. The maximum Gasteiger partial charge on any atom is 0.239 e. The van der Waals surface area contributed by atoms with Crippen LogP contribution in [0.2, 0.25) is 0 Å². The van der Waals surface area contributed by atoms with E-state index in [0.717, 1.165) is 17.0 Å². The van der Waals surface area contributed by atoms with E-state index in [1.54, 1.807) is 6.07 Å². The number of hydrogen-bond donors (Lipinski definition) is 1. The third-order valence-electron chi connectivity index (χ3n) is 1.88. The molecule has 0 aliphatic carbocycles. The van der Waals surface area contributed by atoms with Crippen LogP contribution in [0.5, 0.6) is 5.75 Å². The summed E-state index contributed by atoms with van der Waals surface area (Å²) in [5.74, 6) is 0.591. The number of rotatable bonds is 4. The van der Waals surface area contributed by atoms with E-state index < -0.39 is 0 Å². The number of ether oxygens (including phenoxy) is 1. The third-order valence-corrected chi connectivity index (χ3v) is 2.12. The van der Waals surface area contributed by atoms with Crippen molar-refractivity contribution in [2.75, 3.05) is 17.8 Å². The molecule has 0 aliphatic rings. The van der Waals surface area contributed by atoms with Gasteiger partial charge in [0.2, 0.25) is 5.91 Å². The van der Waals surface area contributed by atoms with E-state index in [0.29, 0.717) is 6.61 Å². The summed E-state index contributed by atoms with van der Waals surface area (Å²) in [4.78, 5) is 11.0. The summed E-state index contributed by atoms with van der Waals surface area (Å²) < 4.78 is 5.38. The van der Waals surface area contributed by atoms with Gasteiger partial charge in [-0.3, -0.25) is 4.79 Å². The molecule has 0 saturated heterocycles. The minimum Gasteiger partial charge on any atom is -0.494 e. The topological polar surface area (TPSA) is 38.3 Å². The van der Waals surface area contributed by atoms with Crippen LogP contribution < -0.4 is 10.1 Å². The van der Waals surface area contributed by atoms with Crippen molar-refractivity contribution in [3.63, 3.8) is 0 Å². The number of anilines is 1. The average Bonchev–Trinajstić information content (AvgIpc) is 2.22. The summed E-state index contributed by atoms with van der Waals surface area (Å²) in [5, 5.41) is 2.68. The molecular formula is C11H14ClNO2. The number of carbonyl (C=O) groups is 1. The molecule has 0 spiro atoms. The number of alkyl halides is 1. The molecule has 15 heavy (non-hydrogen) atoms. The van der Waals surface area contributed by atoms with Gasteiger partial charge in [0.05, 0.1) is 6.61 Å². The fourth-order valence-electron chi connectivity index (χ4n) is 1.24. The van der Waals surface area contributed by atoms with Gasteiger partial charge in [-0.1, -0.05) is 0 Å². The minimum atomic E-state index is -0.208. The molecule has 1 aromatic carbocycles. The van der Waals surface area contributed by atoms with E-state index in [2.05, 4.69) is 5.32 Å². The van der Waals surface area contributed by atoms with Crippen molar-refractivity contribution in [1.82, 2.24) is 0 Å². The van der Waals surface area contributed by atoms with Crippen molar-refractivity contribution >= 4 is 23.2 Å². The molecule has 0 atom stereocenters. The van der Waals surface area contributed by atoms with E-state index in [1.165, 1.54) is 0 Å². The zero-order chi connectivity index (χ0) is 11.3. The first kappa shape index (κ1) is 11.9. The summed E-state index contributed by atoms with van der Waals surface area (Å²) in [5.41, 5.74) is 1.73. The van der Waals surface area contributed by atoms with E-state index in [-0.39, 0.29) is 11.8 Å². The Kier molecular flexibility index (Phi) is 4.43. The molecule has 0 saturated carbocycles. The smallest absolute Gasteiger partial charge is 0.239 e. The van der Waals surface area contributed by atoms with E-state index >= 15 is 0 Å². The zero-order valence-electron chi connectivity index (χ0n) is 8.84. The molecule has 0 fully saturated rings. The first-order valence-electron chi connectivity index (χ1n) is 4.76. The van der Waals surface area contributed by atoms with Crippen molar-refractivity contribution < 1.29 is 9.53 Å². The lowest BCUT2D eigenvalue weighted by atomic mass is 10.2. The summed E-state index contributed by atoms with van der Waals surface area (Å²) in [6, 6.07) is 5.49. The SMILES string of the molecule is CCOc1ccc(NC(=O)CCl)cc1C. The van der Waals surface area contributed by atoms with Crippen LogP contribution >= 0.6 is 11.6 Å². The summed E-state index contributed by atoms with van der Waals surface area (Å²) >= 11 is 5.39. The zero-order valence-corrected chi connectivity index (χ0v) is 9.60. The molecule has 1 aromatic rings. The number of aryl methyl sites for hydroxylation is 1.